The highest BCUT2D eigenvalue weighted by Gasteiger charge is 2.22. The van der Waals surface area contributed by atoms with Gasteiger partial charge in [-0.1, -0.05) is 36.5 Å². The summed E-state index contributed by atoms with van der Waals surface area (Å²) in [5.74, 6) is 0.656. The molecule has 2 rings (SSSR count). The van der Waals surface area contributed by atoms with E-state index in [-0.39, 0.29) is 17.1 Å². The van der Waals surface area contributed by atoms with Crippen molar-refractivity contribution in [1.29, 1.82) is 0 Å². The molecule has 0 bridgehead atoms. The number of aromatic nitrogens is 1. The van der Waals surface area contributed by atoms with Gasteiger partial charge in [0.25, 0.3) is 5.91 Å². The van der Waals surface area contributed by atoms with Gasteiger partial charge in [-0.05, 0) is 43.7 Å². The maximum absolute atomic E-state index is 12.1. The quantitative estimate of drug-likeness (QED) is 0.854. The molecular weight excluding hydrogens is 283 g/mol. The first-order valence-electron chi connectivity index (χ1n) is 6.73. The second-order valence-electron chi connectivity index (χ2n) is 5.07. The van der Waals surface area contributed by atoms with Crippen molar-refractivity contribution in [2.75, 3.05) is 0 Å². The highest BCUT2D eigenvalue weighted by molar-refractivity contribution is 6.34. The van der Waals surface area contributed by atoms with Gasteiger partial charge in [0.05, 0.1) is 5.56 Å². The summed E-state index contributed by atoms with van der Waals surface area (Å²) in [4.78, 5) is 16.0. The lowest BCUT2D eigenvalue weighted by atomic mass is 9.84. The summed E-state index contributed by atoms with van der Waals surface area (Å²) in [6, 6.07) is 3.45. The van der Waals surface area contributed by atoms with Crippen molar-refractivity contribution in [2.45, 2.75) is 45.1 Å². The van der Waals surface area contributed by atoms with Crippen molar-refractivity contribution in [3.8, 4) is 0 Å². The molecule has 19 heavy (non-hydrogen) atoms. The molecule has 3 nitrogen and oxygen atoms in total. The van der Waals surface area contributed by atoms with Gasteiger partial charge in [0.2, 0.25) is 0 Å². The molecule has 1 fully saturated rings. The highest BCUT2D eigenvalue weighted by atomic mass is 35.5. The first-order chi connectivity index (χ1) is 9.10. The average molecular weight is 301 g/mol. The van der Waals surface area contributed by atoms with Crippen LogP contribution < -0.4 is 5.32 Å². The summed E-state index contributed by atoms with van der Waals surface area (Å²) < 4.78 is 0. The van der Waals surface area contributed by atoms with E-state index in [1.807, 2.05) is 0 Å². The molecule has 1 aliphatic rings. The third-order valence-corrected chi connectivity index (χ3v) is 4.32. The van der Waals surface area contributed by atoms with Crippen LogP contribution in [0.2, 0.25) is 10.3 Å². The van der Waals surface area contributed by atoms with Crippen LogP contribution in [-0.4, -0.2) is 16.9 Å². The lowest BCUT2D eigenvalue weighted by Gasteiger charge is -2.28. The van der Waals surface area contributed by atoms with E-state index < -0.39 is 0 Å². The Morgan fingerprint density at radius 2 is 2.00 bits per heavy atom. The van der Waals surface area contributed by atoms with Crippen molar-refractivity contribution in [3.63, 3.8) is 0 Å². The molecule has 0 unspecified atom stereocenters. The molecule has 5 heteroatoms. The van der Waals surface area contributed by atoms with E-state index in [1.54, 1.807) is 12.1 Å². The Morgan fingerprint density at radius 1 is 1.32 bits per heavy atom. The van der Waals surface area contributed by atoms with Crippen molar-refractivity contribution < 1.29 is 4.79 Å². The normalized spacial score (nSPS) is 23.1. The van der Waals surface area contributed by atoms with Crippen LogP contribution in [-0.2, 0) is 0 Å². The van der Waals surface area contributed by atoms with Crippen LogP contribution in [0.3, 0.4) is 0 Å². The Hall–Kier alpha value is -0.800. The number of hydrogen-bond donors (Lipinski definition) is 1. The van der Waals surface area contributed by atoms with Gasteiger partial charge in [-0.25, -0.2) is 4.98 Å². The lowest BCUT2D eigenvalue weighted by molar-refractivity contribution is 0.0921. The Balaban J connectivity index is 1.94. The first-order valence-corrected chi connectivity index (χ1v) is 7.48. The fourth-order valence-corrected chi connectivity index (χ4v) is 2.99. The minimum atomic E-state index is -0.158. The monoisotopic (exact) mass is 300 g/mol. The van der Waals surface area contributed by atoms with Crippen molar-refractivity contribution in [3.05, 3.63) is 28.0 Å². The zero-order valence-corrected chi connectivity index (χ0v) is 12.5. The fraction of sp³-hybridized carbons (Fsp3) is 0.571. The Morgan fingerprint density at radius 3 is 2.58 bits per heavy atom. The first kappa shape index (κ1) is 14.6. The number of amides is 1. The largest absolute Gasteiger partial charge is 0.349 e. The van der Waals surface area contributed by atoms with Crippen LogP contribution >= 0.6 is 23.2 Å². The summed E-state index contributed by atoms with van der Waals surface area (Å²) in [6.07, 6.45) is 5.70. The van der Waals surface area contributed by atoms with E-state index in [9.17, 15) is 4.79 Å². The van der Waals surface area contributed by atoms with Gasteiger partial charge in [0.1, 0.15) is 10.3 Å². The number of pyridine rings is 1. The number of nitrogens with zero attached hydrogens (tertiary/aromatic N) is 1. The lowest BCUT2D eigenvalue weighted by Crippen LogP contribution is -2.37. The SMILES string of the molecule is CCC1CCC(NC(=O)c2ccc(Cl)nc2Cl)CC1. The number of rotatable bonds is 3. The number of halogens is 2. The van der Waals surface area contributed by atoms with Gasteiger partial charge in [0, 0.05) is 6.04 Å². The standard InChI is InChI=1S/C14H18Cl2N2O/c1-2-9-3-5-10(6-4-9)17-14(19)11-7-8-12(15)18-13(11)16/h7-10H,2-6H2,1H3,(H,17,19). The summed E-state index contributed by atoms with van der Waals surface area (Å²) in [7, 11) is 0. The van der Waals surface area contributed by atoms with Gasteiger partial charge in [-0.2, -0.15) is 0 Å². The fourth-order valence-electron chi connectivity index (χ4n) is 2.56. The van der Waals surface area contributed by atoms with E-state index in [2.05, 4.69) is 17.2 Å². The number of nitrogens with one attached hydrogen (secondary N) is 1. The Kier molecular flexibility index (Phi) is 5.06. The van der Waals surface area contributed by atoms with Gasteiger partial charge in [-0.3, -0.25) is 4.79 Å². The second kappa shape index (κ2) is 6.58. The molecule has 1 aliphatic carbocycles. The summed E-state index contributed by atoms with van der Waals surface area (Å²) in [6.45, 7) is 2.22. The van der Waals surface area contributed by atoms with Crippen LogP contribution in [0.4, 0.5) is 0 Å². The van der Waals surface area contributed by atoms with Crippen LogP contribution in [0.25, 0.3) is 0 Å². The molecule has 1 saturated carbocycles. The predicted octanol–water partition coefficient (Wildman–Crippen LogP) is 4.09. The van der Waals surface area contributed by atoms with E-state index >= 15 is 0 Å². The van der Waals surface area contributed by atoms with Crippen LogP contribution in [0.1, 0.15) is 49.4 Å². The zero-order valence-electron chi connectivity index (χ0n) is 11.0. The number of carbonyl (C=O) groups is 1. The smallest absolute Gasteiger partial charge is 0.254 e. The molecule has 0 spiro atoms. The maximum atomic E-state index is 12.1. The maximum Gasteiger partial charge on any atom is 0.254 e. The van der Waals surface area contributed by atoms with Gasteiger partial charge < -0.3 is 5.32 Å². The molecule has 0 radical (unpaired) electrons. The van der Waals surface area contributed by atoms with Crippen molar-refractivity contribution in [1.82, 2.24) is 10.3 Å². The molecule has 0 aromatic carbocycles. The molecule has 1 amide bonds. The molecule has 1 N–H and O–H groups in total. The molecule has 1 aromatic heterocycles. The molecular formula is C14H18Cl2N2O. The summed E-state index contributed by atoms with van der Waals surface area (Å²) >= 11 is 11.6. The minimum Gasteiger partial charge on any atom is -0.349 e. The van der Waals surface area contributed by atoms with E-state index in [1.165, 1.54) is 19.3 Å². The van der Waals surface area contributed by atoms with Crippen molar-refractivity contribution in [2.24, 2.45) is 5.92 Å². The molecule has 1 heterocycles. The minimum absolute atomic E-state index is 0.158. The zero-order chi connectivity index (χ0) is 13.8. The summed E-state index contributed by atoms with van der Waals surface area (Å²) in [5.41, 5.74) is 0.392. The number of carbonyl (C=O) groups excluding carboxylic acids is 1. The van der Waals surface area contributed by atoms with E-state index in [0.29, 0.717) is 10.7 Å². The van der Waals surface area contributed by atoms with E-state index in [4.69, 9.17) is 23.2 Å². The molecule has 0 atom stereocenters. The average Bonchev–Trinajstić information content (AvgIpc) is 2.39. The second-order valence-corrected chi connectivity index (χ2v) is 5.82. The molecule has 0 saturated heterocycles. The van der Waals surface area contributed by atoms with Crippen LogP contribution in [0.15, 0.2) is 12.1 Å². The topological polar surface area (TPSA) is 42.0 Å². The van der Waals surface area contributed by atoms with Gasteiger partial charge >= 0.3 is 0 Å². The van der Waals surface area contributed by atoms with E-state index in [0.717, 1.165) is 18.8 Å². The van der Waals surface area contributed by atoms with Crippen molar-refractivity contribution >= 4 is 29.1 Å². The molecule has 0 aliphatic heterocycles. The molecule has 1 aromatic rings. The summed E-state index contributed by atoms with van der Waals surface area (Å²) in [5, 5.41) is 3.49. The van der Waals surface area contributed by atoms with Gasteiger partial charge in [-0.15, -0.1) is 0 Å². The highest BCUT2D eigenvalue weighted by Crippen LogP contribution is 2.27. The molecule has 104 valence electrons. The predicted molar refractivity (Wildman–Crippen MR) is 77.8 cm³/mol. The third kappa shape index (κ3) is 3.83. The van der Waals surface area contributed by atoms with Gasteiger partial charge in [0.15, 0.2) is 0 Å². The number of hydrogen-bond acceptors (Lipinski definition) is 2. The van der Waals surface area contributed by atoms with Crippen LogP contribution in [0, 0.1) is 5.92 Å². The third-order valence-electron chi connectivity index (χ3n) is 3.82. The van der Waals surface area contributed by atoms with Crippen LogP contribution in [0.5, 0.6) is 0 Å². The Labute approximate surface area is 123 Å². The Bertz CT molecular complexity index is 457.